The number of hydrogen-bond acceptors (Lipinski definition) is 6. The van der Waals surface area contributed by atoms with Gasteiger partial charge in [-0.2, -0.15) is 0 Å². The van der Waals surface area contributed by atoms with Crippen molar-refractivity contribution < 1.29 is 28.7 Å². The lowest BCUT2D eigenvalue weighted by Crippen LogP contribution is -2.40. The van der Waals surface area contributed by atoms with Gasteiger partial charge in [0.2, 0.25) is 0 Å². The lowest BCUT2D eigenvalue weighted by Gasteiger charge is -2.29. The van der Waals surface area contributed by atoms with Gasteiger partial charge in [-0.1, -0.05) is 37.5 Å². The Labute approximate surface area is 231 Å². The molecule has 1 saturated carbocycles. The maximum absolute atomic E-state index is 13.1. The maximum Gasteiger partial charge on any atom is 0.308 e. The third-order valence-electron chi connectivity index (χ3n) is 7.12. The molecule has 2 aliphatic rings. The minimum atomic E-state index is -0.474. The zero-order valence-electron chi connectivity index (χ0n) is 22.1. The van der Waals surface area contributed by atoms with Gasteiger partial charge in [-0.25, -0.2) is 0 Å². The van der Waals surface area contributed by atoms with Crippen LogP contribution < -0.4 is 15.4 Å². The molecule has 2 N–H and O–H groups in total. The van der Waals surface area contributed by atoms with Gasteiger partial charge in [0.05, 0.1) is 11.1 Å². The van der Waals surface area contributed by atoms with Crippen LogP contribution in [-0.2, 0) is 11.3 Å². The summed E-state index contributed by atoms with van der Waals surface area (Å²) in [4.78, 5) is 64.2. The summed E-state index contributed by atoms with van der Waals surface area (Å²) in [5, 5.41) is 5.64. The second-order valence-corrected chi connectivity index (χ2v) is 9.99. The molecule has 40 heavy (non-hydrogen) atoms. The molecule has 1 aliphatic heterocycles. The van der Waals surface area contributed by atoms with Crippen LogP contribution in [0, 0.1) is 0 Å². The molecule has 0 bridgehead atoms. The fourth-order valence-electron chi connectivity index (χ4n) is 5.19. The van der Waals surface area contributed by atoms with Crippen LogP contribution in [0.3, 0.4) is 0 Å². The van der Waals surface area contributed by atoms with Gasteiger partial charge in [0.15, 0.2) is 0 Å². The number of hydrogen-bond donors (Lipinski definition) is 2. The Morgan fingerprint density at radius 2 is 1.55 bits per heavy atom. The molecular weight excluding hydrogens is 510 g/mol. The first-order chi connectivity index (χ1) is 19.3. The van der Waals surface area contributed by atoms with Crippen LogP contribution in [0.2, 0.25) is 0 Å². The number of ether oxygens (including phenoxy) is 1. The standard InChI is InChI=1S/C31H29N3O6/c1-19(35)40-25-12-6-8-21(16-25)28(36)32-18-20-7-5-9-23(15-20)33-29(37)22-13-14-26-27(17-22)31(39)34(30(26)38)24-10-3-2-4-11-24/h5-9,12-17,24H,2-4,10-11,18H2,1H3,(H,32,36)(H,33,37). The highest BCUT2D eigenvalue weighted by atomic mass is 16.5. The van der Waals surface area contributed by atoms with Gasteiger partial charge in [-0.05, 0) is 66.9 Å². The topological polar surface area (TPSA) is 122 Å². The average molecular weight is 540 g/mol. The fraction of sp³-hybridized carbons (Fsp3) is 0.258. The summed E-state index contributed by atoms with van der Waals surface area (Å²) in [6.07, 6.45) is 4.74. The van der Waals surface area contributed by atoms with Crippen molar-refractivity contribution in [3.63, 3.8) is 0 Å². The van der Waals surface area contributed by atoms with Crippen LogP contribution in [0.1, 0.15) is 86.0 Å². The molecule has 0 spiro atoms. The Hall–Kier alpha value is -4.79. The van der Waals surface area contributed by atoms with Crippen molar-refractivity contribution in [2.24, 2.45) is 0 Å². The van der Waals surface area contributed by atoms with E-state index < -0.39 is 11.9 Å². The Morgan fingerprint density at radius 3 is 2.33 bits per heavy atom. The minimum Gasteiger partial charge on any atom is -0.427 e. The summed E-state index contributed by atoms with van der Waals surface area (Å²) >= 11 is 0. The molecule has 4 amide bonds. The quantitative estimate of drug-likeness (QED) is 0.255. The van der Waals surface area contributed by atoms with E-state index in [0.717, 1.165) is 37.7 Å². The van der Waals surface area contributed by atoms with Crippen molar-refractivity contribution in [2.75, 3.05) is 5.32 Å². The number of benzene rings is 3. The van der Waals surface area contributed by atoms with E-state index in [0.29, 0.717) is 16.8 Å². The molecule has 9 heteroatoms. The predicted molar refractivity (Wildman–Crippen MR) is 147 cm³/mol. The summed E-state index contributed by atoms with van der Waals surface area (Å²) in [5.41, 5.74) is 2.48. The second-order valence-electron chi connectivity index (χ2n) is 9.99. The zero-order chi connectivity index (χ0) is 28.2. The van der Waals surface area contributed by atoms with Crippen molar-refractivity contribution in [3.8, 4) is 5.75 Å². The monoisotopic (exact) mass is 539 g/mol. The highest BCUT2D eigenvalue weighted by Gasteiger charge is 2.40. The average Bonchev–Trinajstić information content (AvgIpc) is 3.21. The summed E-state index contributed by atoms with van der Waals surface area (Å²) in [6, 6.07) is 17.8. The Balaban J connectivity index is 1.23. The summed E-state index contributed by atoms with van der Waals surface area (Å²) in [7, 11) is 0. The summed E-state index contributed by atoms with van der Waals surface area (Å²) in [6.45, 7) is 1.49. The molecule has 0 aromatic heterocycles. The Morgan fingerprint density at radius 1 is 0.825 bits per heavy atom. The van der Waals surface area contributed by atoms with E-state index in [1.54, 1.807) is 48.5 Å². The minimum absolute atomic E-state index is 0.0838. The molecule has 1 fully saturated rings. The number of nitrogens with one attached hydrogen (secondary N) is 2. The fourth-order valence-corrected chi connectivity index (χ4v) is 5.19. The molecule has 1 aliphatic carbocycles. The van der Waals surface area contributed by atoms with Crippen molar-refractivity contribution in [3.05, 3.63) is 94.5 Å². The van der Waals surface area contributed by atoms with Gasteiger partial charge in [-0.15, -0.1) is 0 Å². The molecule has 0 radical (unpaired) electrons. The highest BCUT2D eigenvalue weighted by Crippen LogP contribution is 2.31. The first-order valence-corrected chi connectivity index (χ1v) is 13.3. The lowest BCUT2D eigenvalue weighted by atomic mass is 9.94. The number of rotatable bonds is 7. The number of anilines is 1. The van der Waals surface area contributed by atoms with Crippen molar-refractivity contribution >= 4 is 35.3 Å². The number of carbonyl (C=O) groups excluding carboxylic acids is 5. The van der Waals surface area contributed by atoms with Crippen LogP contribution in [0.4, 0.5) is 5.69 Å². The third kappa shape index (κ3) is 5.78. The number of imide groups is 1. The van der Waals surface area contributed by atoms with E-state index >= 15 is 0 Å². The Kier molecular flexibility index (Phi) is 7.72. The first-order valence-electron chi connectivity index (χ1n) is 13.3. The van der Waals surface area contributed by atoms with Crippen LogP contribution >= 0.6 is 0 Å². The van der Waals surface area contributed by atoms with Gasteiger partial charge in [0, 0.05) is 36.3 Å². The van der Waals surface area contributed by atoms with Crippen LogP contribution in [0.5, 0.6) is 5.75 Å². The molecule has 9 nitrogen and oxygen atoms in total. The smallest absolute Gasteiger partial charge is 0.308 e. The number of esters is 1. The SMILES string of the molecule is CC(=O)Oc1cccc(C(=O)NCc2cccc(NC(=O)c3ccc4c(c3)C(=O)N(C3CCCCC3)C4=O)c2)c1. The van der Waals surface area contributed by atoms with Crippen molar-refractivity contribution in [2.45, 2.75) is 51.6 Å². The molecular formula is C31H29N3O6. The first kappa shape index (κ1) is 26.8. The lowest BCUT2D eigenvalue weighted by molar-refractivity contribution is -0.131. The zero-order valence-corrected chi connectivity index (χ0v) is 22.1. The van der Waals surface area contributed by atoms with Crippen molar-refractivity contribution in [1.29, 1.82) is 0 Å². The molecule has 3 aromatic rings. The molecule has 204 valence electrons. The van der Waals surface area contributed by atoms with Gasteiger partial charge in [0.25, 0.3) is 23.6 Å². The van der Waals surface area contributed by atoms with Gasteiger partial charge in [0.1, 0.15) is 5.75 Å². The van der Waals surface area contributed by atoms with Crippen LogP contribution in [0.25, 0.3) is 0 Å². The van der Waals surface area contributed by atoms with Crippen molar-refractivity contribution in [1.82, 2.24) is 10.2 Å². The molecule has 0 saturated heterocycles. The third-order valence-corrected chi connectivity index (χ3v) is 7.12. The van der Waals surface area contributed by atoms with E-state index in [1.807, 2.05) is 6.07 Å². The van der Waals surface area contributed by atoms with Gasteiger partial charge < -0.3 is 15.4 Å². The van der Waals surface area contributed by atoms with E-state index in [1.165, 1.54) is 24.0 Å². The molecule has 0 unspecified atom stereocenters. The number of amides is 4. The van der Waals surface area contributed by atoms with Crippen LogP contribution in [0.15, 0.2) is 66.7 Å². The van der Waals surface area contributed by atoms with E-state index in [2.05, 4.69) is 10.6 Å². The number of nitrogens with zero attached hydrogens (tertiary/aromatic N) is 1. The molecule has 3 aromatic carbocycles. The van der Waals surface area contributed by atoms with Crippen LogP contribution in [-0.4, -0.2) is 40.5 Å². The van der Waals surface area contributed by atoms with Gasteiger partial charge >= 0.3 is 5.97 Å². The molecule has 0 atom stereocenters. The number of fused-ring (bicyclic) bond motifs is 1. The molecule has 1 heterocycles. The number of carbonyl (C=O) groups is 5. The van der Waals surface area contributed by atoms with E-state index in [4.69, 9.17) is 4.74 Å². The summed E-state index contributed by atoms with van der Waals surface area (Å²) < 4.78 is 5.03. The Bertz CT molecular complexity index is 1510. The van der Waals surface area contributed by atoms with E-state index in [9.17, 15) is 24.0 Å². The normalized spacial score (nSPS) is 15.0. The predicted octanol–water partition coefficient (Wildman–Crippen LogP) is 4.72. The highest BCUT2D eigenvalue weighted by molar-refractivity contribution is 6.22. The maximum atomic E-state index is 13.1. The summed E-state index contributed by atoms with van der Waals surface area (Å²) in [5.74, 6) is -1.57. The van der Waals surface area contributed by atoms with E-state index in [-0.39, 0.29) is 47.2 Å². The second kappa shape index (κ2) is 11.5. The van der Waals surface area contributed by atoms with Gasteiger partial charge in [-0.3, -0.25) is 28.9 Å². The molecule has 5 rings (SSSR count). The largest absolute Gasteiger partial charge is 0.427 e.